The number of rotatable bonds is 6. The van der Waals surface area contributed by atoms with Crippen molar-refractivity contribution in [3.05, 3.63) is 29.8 Å². The van der Waals surface area contributed by atoms with Crippen LogP contribution in [0, 0.1) is 11.3 Å². The van der Waals surface area contributed by atoms with Crippen LogP contribution in [0.25, 0.3) is 0 Å². The highest BCUT2D eigenvalue weighted by molar-refractivity contribution is 7.92. The van der Waals surface area contributed by atoms with Gasteiger partial charge in [0.15, 0.2) is 6.10 Å². The third kappa shape index (κ3) is 5.69. The van der Waals surface area contributed by atoms with E-state index in [-0.39, 0.29) is 11.3 Å². The Morgan fingerprint density at radius 1 is 1.22 bits per heavy atom. The molecule has 0 saturated heterocycles. The van der Waals surface area contributed by atoms with E-state index in [4.69, 9.17) is 4.74 Å². The van der Waals surface area contributed by atoms with Gasteiger partial charge in [0, 0.05) is 0 Å². The topological polar surface area (TPSA) is 125 Å². The van der Waals surface area contributed by atoms with Crippen LogP contribution in [-0.2, 0) is 19.6 Å². The van der Waals surface area contributed by atoms with Crippen LogP contribution in [0.3, 0.4) is 0 Å². The first-order chi connectivity index (χ1) is 12.7. The molecule has 146 valence electrons. The zero-order valence-corrected chi connectivity index (χ0v) is 16.1. The lowest BCUT2D eigenvalue weighted by molar-refractivity contribution is -0.130. The van der Waals surface area contributed by atoms with Crippen LogP contribution in [0.2, 0.25) is 0 Å². The SMILES string of the molecule is C[C@H](OC(=O)c1ccccc1NS(C)(=O)=O)C(=O)NC1(C#N)CCCCC1. The molecule has 1 fully saturated rings. The predicted octanol–water partition coefficient (Wildman–Crippen LogP) is 1.95. The third-order valence-electron chi connectivity index (χ3n) is 4.38. The number of carbonyl (C=O) groups excluding carboxylic acids is 2. The van der Waals surface area contributed by atoms with Gasteiger partial charge in [-0.25, -0.2) is 13.2 Å². The number of para-hydroxylation sites is 1. The van der Waals surface area contributed by atoms with Gasteiger partial charge in [0.2, 0.25) is 10.0 Å². The molecule has 0 radical (unpaired) electrons. The number of esters is 1. The summed E-state index contributed by atoms with van der Waals surface area (Å²) in [6.07, 6.45) is 3.70. The smallest absolute Gasteiger partial charge is 0.341 e. The largest absolute Gasteiger partial charge is 0.449 e. The van der Waals surface area contributed by atoms with Crippen molar-refractivity contribution in [2.45, 2.75) is 50.7 Å². The van der Waals surface area contributed by atoms with Crippen molar-refractivity contribution in [1.29, 1.82) is 5.26 Å². The zero-order chi connectivity index (χ0) is 20.1. The number of nitrogens with zero attached hydrogens (tertiary/aromatic N) is 1. The van der Waals surface area contributed by atoms with Gasteiger partial charge in [0.1, 0.15) is 5.54 Å². The van der Waals surface area contributed by atoms with E-state index < -0.39 is 33.5 Å². The van der Waals surface area contributed by atoms with Gasteiger partial charge in [-0.05, 0) is 31.9 Å². The Balaban J connectivity index is 2.07. The van der Waals surface area contributed by atoms with Crippen LogP contribution in [0.4, 0.5) is 5.69 Å². The number of ether oxygens (including phenoxy) is 1. The highest BCUT2D eigenvalue weighted by Crippen LogP contribution is 2.27. The first-order valence-electron chi connectivity index (χ1n) is 8.67. The maximum atomic E-state index is 12.4. The Hall–Kier alpha value is -2.60. The number of carbonyl (C=O) groups is 2. The van der Waals surface area contributed by atoms with Crippen molar-refractivity contribution in [2.24, 2.45) is 0 Å². The summed E-state index contributed by atoms with van der Waals surface area (Å²) in [5.41, 5.74) is -0.861. The van der Waals surface area contributed by atoms with Crippen LogP contribution >= 0.6 is 0 Å². The fourth-order valence-corrected chi connectivity index (χ4v) is 3.56. The van der Waals surface area contributed by atoms with Crippen molar-refractivity contribution in [3.8, 4) is 6.07 Å². The van der Waals surface area contributed by atoms with Gasteiger partial charge in [0.25, 0.3) is 5.91 Å². The number of hydrogen-bond donors (Lipinski definition) is 2. The summed E-state index contributed by atoms with van der Waals surface area (Å²) < 4.78 is 30.3. The molecule has 2 N–H and O–H groups in total. The van der Waals surface area contributed by atoms with E-state index in [0.717, 1.165) is 25.5 Å². The zero-order valence-electron chi connectivity index (χ0n) is 15.3. The molecule has 1 amide bonds. The maximum Gasteiger partial charge on any atom is 0.341 e. The first-order valence-corrected chi connectivity index (χ1v) is 10.6. The molecule has 0 bridgehead atoms. The lowest BCUT2D eigenvalue weighted by Gasteiger charge is -2.32. The molecule has 2 rings (SSSR count). The Bertz CT molecular complexity index is 854. The molecule has 0 heterocycles. The molecule has 1 aliphatic carbocycles. The van der Waals surface area contributed by atoms with Gasteiger partial charge in [-0.2, -0.15) is 5.26 Å². The molecule has 0 aromatic heterocycles. The number of benzene rings is 1. The van der Waals surface area contributed by atoms with Crippen LogP contribution in [0.5, 0.6) is 0 Å². The number of amides is 1. The van der Waals surface area contributed by atoms with Gasteiger partial charge in [0.05, 0.1) is 23.6 Å². The Kier molecular flexibility index (Phi) is 6.44. The molecular formula is C18H23N3O5S. The van der Waals surface area contributed by atoms with Gasteiger partial charge < -0.3 is 10.1 Å². The monoisotopic (exact) mass is 393 g/mol. The van der Waals surface area contributed by atoms with E-state index in [0.29, 0.717) is 12.8 Å². The summed E-state index contributed by atoms with van der Waals surface area (Å²) in [6.45, 7) is 1.41. The number of hydrogen-bond acceptors (Lipinski definition) is 6. The molecule has 0 aliphatic heterocycles. The van der Waals surface area contributed by atoms with E-state index >= 15 is 0 Å². The van der Waals surface area contributed by atoms with Crippen LogP contribution in [0.1, 0.15) is 49.4 Å². The second kappa shape index (κ2) is 8.39. The number of sulfonamides is 1. The summed E-state index contributed by atoms with van der Waals surface area (Å²) in [6, 6.07) is 8.13. The van der Waals surface area contributed by atoms with Crippen LogP contribution in [0.15, 0.2) is 24.3 Å². The summed E-state index contributed by atoms with van der Waals surface area (Å²) in [4.78, 5) is 24.8. The van der Waals surface area contributed by atoms with Gasteiger partial charge >= 0.3 is 5.97 Å². The van der Waals surface area contributed by atoms with Crippen molar-refractivity contribution in [2.75, 3.05) is 11.0 Å². The highest BCUT2D eigenvalue weighted by Gasteiger charge is 2.35. The molecule has 0 spiro atoms. The van der Waals surface area contributed by atoms with Gasteiger partial charge in [-0.15, -0.1) is 0 Å². The van der Waals surface area contributed by atoms with E-state index in [9.17, 15) is 23.3 Å². The van der Waals surface area contributed by atoms with Gasteiger partial charge in [-0.3, -0.25) is 9.52 Å². The molecule has 1 aromatic carbocycles. The molecule has 27 heavy (non-hydrogen) atoms. The highest BCUT2D eigenvalue weighted by atomic mass is 32.2. The fourth-order valence-electron chi connectivity index (χ4n) is 2.98. The number of nitriles is 1. The molecule has 1 aliphatic rings. The molecule has 0 unspecified atom stereocenters. The summed E-state index contributed by atoms with van der Waals surface area (Å²) in [5, 5.41) is 12.1. The minimum atomic E-state index is -3.58. The predicted molar refractivity (Wildman–Crippen MR) is 99.4 cm³/mol. The van der Waals surface area contributed by atoms with E-state index in [1.54, 1.807) is 12.1 Å². The fraction of sp³-hybridized carbons (Fsp3) is 0.500. The molecule has 1 atom stereocenters. The Labute approximate surface area is 158 Å². The second-order valence-corrected chi connectivity index (χ2v) is 8.46. The molecule has 1 saturated carbocycles. The number of anilines is 1. The van der Waals surface area contributed by atoms with E-state index in [1.165, 1.54) is 19.1 Å². The molecule has 8 nitrogen and oxygen atoms in total. The lowest BCUT2D eigenvalue weighted by Crippen LogP contribution is -2.52. The second-order valence-electron chi connectivity index (χ2n) is 6.71. The van der Waals surface area contributed by atoms with E-state index in [1.807, 2.05) is 0 Å². The third-order valence-corrected chi connectivity index (χ3v) is 4.97. The average molecular weight is 393 g/mol. The first kappa shape index (κ1) is 20.7. The van der Waals surface area contributed by atoms with Crippen molar-refractivity contribution >= 4 is 27.6 Å². The average Bonchev–Trinajstić information content (AvgIpc) is 2.61. The number of nitrogens with one attached hydrogen (secondary N) is 2. The lowest BCUT2D eigenvalue weighted by atomic mass is 9.83. The summed E-state index contributed by atoms with van der Waals surface area (Å²) in [5.74, 6) is -1.39. The maximum absolute atomic E-state index is 12.4. The van der Waals surface area contributed by atoms with Crippen LogP contribution in [-0.4, -0.2) is 38.2 Å². The van der Waals surface area contributed by atoms with E-state index in [2.05, 4.69) is 16.1 Å². The minimum Gasteiger partial charge on any atom is -0.449 e. The van der Waals surface area contributed by atoms with Crippen molar-refractivity contribution < 1.29 is 22.7 Å². The summed E-state index contributed by atoms with van der Waals surface area (Å²) >= 11 is 0. The molecule has 1 aromatic rings. The molecule has 9 heteroatoms. The Morgan fingerprint density at radius 2 is 1.85 bits per heavy atom. The van der Waals surface area contributed by atoms with Crippen LogP contribution < -0.4 is 10.0 Å². The van der Waals surface area contributed by atoms with Crippen molar-refractivity contribution in [3.63, 3.8) is 0 Å². The Morgan fingerprint density at radius 3 is 2.44 bits per heavy atom. The van der Waals surface area contributed by atoms with Crippen molar-refractivity contribution in [1.82, 2.24) is 5.32 Å². The molecular weight excluding hydrogens is 370 g/mol. The summed E-state index contributed by atoms with van der Waals surface area (Å²) in [7, 11) is -3.58. The van der Waals surface area contributed by atoms with Gasteiger partial charge in [-0.1, -0.05) is 31.4 Å². The standard InChI is InChI=1S/C18H23N3O5S/c1-13(16(22)20-18(12-19)10-6-3-7-11-18)26-17(23)14-8-4-5-9-15(14)21-27(2,24)25/h4-5,8-9,13,21H,3,6-7,10-11H2,1-2H3,(H,20,22)/t13-/m0/s1. The normalized spacial score (nSPS) is 17.2. The quantitative estimate of drug-likeness (QED) is 0.712. The minimum absolute atomic E-state index is 0.00441.